The molecule has 2 heterocycles. The molecule has 3 rings (SSSR count). The van der Waals surface area contributed by atoms with Crippen molar-refractivity contribution in [1.29, 1.82) is 0 Å². The molecule has 1 aromatic carbocycles. The first-order valence-corrected chi connectivity index (χ1v) is 4.52. The predicted molar refractivity (Wildman–Crippen MR) is 53.6 cm³/mol. The minimum Gasteiger partial charge on any atom is -0.504 e. The highest BCUT2D eigenvalue weighted by molar-refractivity contribution is 6.03. The second-order valence-electron chi connectivity index (χ2n) is 3.31. The van der Waals surface area contributed by atoms with E-state index in [2.05, 4.69) is 0 Å². The summed E-state index contributed by atoms with van der Waals surface area (Å²) in [6, 6.07) is 3.34. The Balaban J connectivity index is 2.64. The number of phenolic OH excluding ortho intramolecular Hbond substituents is 1. The zero-order valence-electron chi connectivity index (χ0n) is 7.73. The highest BCUT2D eigenvalue weighted by Crippen LogP contribution is 2.38. The number of phenols is 1. The van der Waals surface area contributed by atoms with Gasteiger partial charge in [0.1, 0.15) is 5.58 Å². The first-order valence-electron chi connectivity index (χ1n) is 4.52. The summed E-state index contributed by atoms with van der Waals surface area (Å²) in [7, 11) is 0. The molecule has 4 heteroatoms. The first-order chi connectivity index (χ1) is 7.33. The highest BCUT2D eigenvalue weighted by Gasteiger charge is 2.17. The Bertz CT molecular complexity index is 581. The van der Waals surface area contributed by atoms with Gasteiger partial charge < -0.3 is 19.0 Å². The summed E-state index contributed by atoms with van der Waals surface area (Å²) in [5.41, 5.74) is 1.52. The lowest BCUT2D eigenvalue weighted by Crippen LogP contribution is -1.85. The molecule has 0 fully saturated rings. The van der Waals surface area contributed by atoms with Crippen molar-refractivity contribution in [2.45, 2.75) is 6.61 Å². The molecular weight excluding hydrogens is 196 g/mol. The Labute approximate surface area is 84.3 Å². The summed E-state index contributed by atoms with van der Waals surface area (Å²) in [4.78, 5) is 0. The van der Waals surface area contributed by atoms with Gasteiger partial charge in [0.2, 0.25) is 0 Å². The number of hydrogen-bond acceptors (Lipinski definition) is 4. The number of furan rings is 2. The molecule has 0 unspecified atom stereocenters. The largest absolute Gasteiger partial charge is 0.504 e. The van der Waals surface area contributed by atoms with E-state index in [0.29, 0.717) is 27.5 Å². The summed E-state index contributed by atoms with van der Waals surface area (Å²) < 4.78 is 10.4. The van der Waals surface area contributed by atoms with Crippen LogP contribution < -0.4 is 0 Å². The van der Waals surface area contributed by atoms with E-state index in [1.54, 1.807) is 12.1 Å². The van der Waals surface area contributed by atoms with E-state index in [9.17, 15) is 10.2 Å². The van der Waals surface area contributed by atoms with Gasteiger partial charge in [0, 0.05) is 10.9 Å². The van der Waals surface area contributed by atoms with Crippen LogP contribution in [0.25, 0.3) is 21.9 Å². The molecule has 0 aliphatic rings. The van der Waals surface area contributed by atoms with Crippen LogP contribution in [0.3, 0.4) is 0 Å². The molecule has 0 saturated carbocycles. The number of hydrogen-bond donors (Lipinski definition) is 2. The van der Waals surface area contributed by atoms with E-state index >= 15 is 0 Å². The molecule has 0 spiro atoms. The van der Waals surface area contributed by atoms with Crippen LogP contribution in [-0.4, -0.2) is 10.2 Å². The molecule has 15 heavy (non-hydrogen) atoms. The van der Waals surface area contributed by atoms with E-state index < -0.39 is 0 Å². The van der Waals surface area contributed by atoms with Gasteiger partial charge in [0.15, 0.2) is 11.3 Å². The van der Waals surface area contributed by atoms with Crippen LogP contribution in [-0.2, 0) is 6.61 Å². The van der Waals surface area contributed by atoms with Gasteiger partial charge in [-0.3, -0.25) is 0 Å². The maximum atomic E-state index is 9.87. The summed E-state index contributed by atoms with van der Waals surface area (Å²) >= 11 is 0. The van der Waals surface area contributed by atoms with E-state index in [1.165, 1.54) is 12.5 Å². The van der Waals surface area contributed by atoms with Crippen molar-refractivity contribution < 1.29 is 19.0 Å². The van der Waals surface area contributed by atoms with Crippen LogP contribution in [0, 0.1) is 0 Å². The summed E-state index contributed by atoms with van der Waals surface area (Å²) in [6.45, 7) is -0.152. The Morgan fingerprint density at radius 1 is 1.00 bits per heavy atom. The van der Waals surface area contributed by atoms with E-state index in [4.69, 9.17) is 8.83 Å². The minimum atomic E-state index is -0.152. The van der Waals surface area contributed by atoms with Crippen LogP contribution in [0.1, 0.15) is 5.56 Å². The number of aromatic hydroxyl groups is 1. The van der Waals surface area contributed by atoms with Gasteiger partial charge in [0.25, 0.3) is 0 Å². The molecule has 4 nitrogen and oxygen atoms in total. The number of aliphatic hydroxyl groups excluding tert-OH is 1. The third-order valence-electron chi connectivity index (χ3n) is 2.56. The number of fused-ring (bicyclic) bond motifs is 2. The summed E-state index contributed by atoms with van der Waals surface area (Å²) in [6.07, 6.45) is 2.95. The fraction of sp³-hybridized carbons (Fsp3) is 0.0909. The Morgan fingerprint density at radius 2 is 1.67 bits per heavy atom. The molecule has 2 N–H and O–H groups in total. The zero-order chi connectivity index (χ0) is 10.4. The fourth-order valence-electron chi connectivity index (χ4n) is 1.86. The van der Waals surface area contributed by atoms with Crippen molar-refractivity contribution in [2.24, 2.45) is 0 Å². The quantitative estimate of drug-likeness (QED) is 0.638. The average molecular weight is 204 g/mol. The summed E-state index contributed by atoms with van der Waals surface area (Å²) in [5, 5.41) is 20.4. The second kappa shape index (κ2) is 2.77. The fourth-order valence-corrected chi connectivity index (χ4v) is 1.86. The Kier molecular flexibility index (Phi) is 1.55. The molecule has 2 aromatic heterocycles. The molecule has 0 atom stereocenters. The maximum absolute atomic E-state index is 9.87. The van der Waals surface area contributed by atoms with Gasteiger partial charge in [-0.25, -0.2) is 0 Å². The third kappa shape index (κ3) is 0.939. The van der Waals surface area contributed by atoms with Gasteiger partial charge in [0.05, 0.1) is 24.5 Å². The number of benzene rings is 1. The molecule has 0 aliphatic heterocycles. The molecule has 3 aromatic rings. The molecular formula is C11H8O4. The van der Waals surface area contributed by atoms with Crippen LogP contribution in [0.5, 0.6) is 5.75 Å². The number of aliphatic hydroxyl groups is 1. The second-order valence-corrected chi connectivity index (χ2v) is 3.31. The minimum absolute atomic E-state index is 0.0518. The molecule has 0 aliphatic carbocycles. The molecule has 0 bridgehead atoms. The van der Waals surface area contributed by atoms with Gasteiger partial charge in [-0.2, -0.15) is 0 Å². The lowest BCUT2D eigenvalue weighted by Gasteiger charge is -2.02. The average Bonchev–Trinajstić information content (AvgIpc) is 2.85. The van der Waals surface area contributed by atoms with Gasteiger partial charge >= 0.3 is 0 Å². The molecule has 0 amide bonds. The smallest absolute Gasteiger partial charge is 0.176 e. The van der Waals surface area contributed by atoms with Gasteiger partial charge in [-0.1, -0.05) is 0 Å². The lowest BCUT2D eigenvalue weighted by molar-refractivity contribution is 0.283. The van der Waals surface area contributed by atoms with E-state index in [0.717, 1.165) is 0 Å². The van der Waals surface area contributed by atoms with Crippen molar-refractivity contribution in [3.63, 3.8) is 0 Å². The van der Waals surface area contributed by atoms with Gasteiger partial charge in [-0.15, -0.1) is 0 Å². The third-order valence-corrected chi connectivity index (χ3v) is 2.56. The summed E-state index contributed by atoms with van der Waals surface area (Å²) in [5.74, 6) is 0.0518. The van der Waals surface area contributed by atoms with Crippen molar-refractivity contribution in [3.8, 4) is 5.75 Å². The monoisotopic (exact) mass is 204 g/mol. The SMILES string of the molecule is OCc1c2ccoc2c(O)c2ccoc12. The van der Waals surface area contributed by atoms with Crippen LogP contribution in [0.15, 0.2) is 33.5 Å². The lowest BCUT2D eigenvalue weighted by atomic mass is 10.1. The van der Waals surface area contributed by atoms with E-state index in [-0.39, 0.29) is 12.4 Å². The van der Waals surface area contributed by atoms with Crippen molar-refractivity contribution in [2.75, 3.05) is 0 Å². The Morgan fingerprint density at radius 3 is 2.40 bits per heavy atom. The highest BCUT2D eigenvalue weighted by atomic mass is 16.4. The van der Waals surface area contributed by atoms with Crippen LogP contribution >= 0.6 is 0 Å². The maximum Gasteiger partial charge on any atom is 0.176 e. The van der Waals surface area contributed by atoms with Gasteiger partial charge in [-0.05, 0) is 12.1 Å². The van der Waals surface area contributed by atoms with Crippen molar-refractivity contribution in [1.82, 2.24) is 0 Å². The molecule has 0 saturated heterocycles. The topological polar surface area (TPSA) is 66.7 Å². The molecule has 0 radical (unpaired) electrons. The van der Waals surface area contributed by atoms with Crippen LogP contribution in [0.4, 0.5) is 0 Å². The first kappa shape index (κ1) is 8.38. The van der Waals surface area contributed by atoms with Crippen molar-refractivity contribution in [3.05, 3.63) is 30.2 Å². The standard InChI is InChI=1S/C11H8O4/c12-5-8-6-1-3-15-11(6)9(13)7-2-4-14-10(7)8/h1-4,12-13H,5H2. The Hall–Kier alpha value is -1.94. The van der Waals surface area contributed by atoms with Crippen molar-refractivity contribution >= 4 is 21.9 Å². The van der Waals surface area contributed by atoms with E-state index in [1.807, 2.05) is 0 Å². The normalized spacial score (nSPS) is 11.5. The predicted octanol–water partition coefficient (Wildman–Crippen LogP) is 2.38. The molecule has 76 valence electrons. The zero-order valence-corrected chi connectivity index (χ0v) is 7.73. The number of rotatable bonds is 1. The van der Waals surface area contributed by atoms with Crippen LogP contribution in [0.2, 0.25) is 0 Å².